The third-order valence-corrected chi connectivity index (χ3v) is 8.30. The largest absolute Gasteiger partial charge is 0.573 e. The molecule has 0 saturated carbocycles. The molecule has 1 aliphatic rings. The maximum absolute atomic E-state index is 12.9. The Balaban J connectivity index is 1.26. The number of hydrogen-bond donors (Lipinski definition) is 0. The molecule has 4 aromatic rings. The molecule has 1 fully saturated rings. The number of halogens is 3. The van der Waals surface area contributed by atoms with E-state index in [1.807, 2.05) is 50.2 Å². The number of carbonyl (C=O) groups is 1. The summed E-state index contributed by atoms with van der Waals surface area (Å²) in [6, 6.07) is 20.7. The Morgan fingerprint density at radius 1 is 1.07 bits per heavy atom. The molecule has 0 bridgehead atoms. The number of aryl methyl sites for hydroxylation is 1. The summed E-state index contributed by atoms with van der Waals surface area (Å²) >= 11 is 1.57. The highest BCUT2D eigenvalue weighted by molar-refractivity contribution is 8.14. The fourth-order valence-electron chi connectivity index (χ4n) is 4.79. The van der Waals surface area contributed by atoms with Crippen molar-refractivity contribution >= 4 is 34.4 Å². The lowest BCUT2D eigenvalue weighted by molar-refractivity contribution is -0.274. The maximum Gasteiger partial charge on any atom is 0.573 e. The second-order valence-corrected chi connectivity index (χ2v) is 11.2. The highest BCUT2D eigenvalue weighted by Gasteiger charge is 2.31. The average Bonchev–Trinajstić information content (AvgIpc) is 3.51. The molecule has 0 N–H and O–H groups in total. The summed E-state index contributed by atoms with van der Waals surface area (Å²) in [7, 11) is 0. The van der Waals surface area contributed by atoms with Crippen LogP contribution in [-0.2, 0) is 6.42 Å². The molecule has 0 radical (unpaired) electrons. The molecule has 1 saturated heterocycles. The highest BCUT2D eigenvalue weighted by atomic mass is 32.2. The lowest BCUT2D eigenvalue weighted by Gasteiger charge is -2.30. The van der Waals surface area contributed by atoms with Crippen LogP contribution in [0.1, 0.15) is 44.2 Å². The normalized spacial score (nSPS) is 15.8. The van der Waals surface area contributed by atoms with Crippen LogP contribution >= 0.6 is 11.8 Å². The molecule has 5 rings (SSSR count). The topological polar surface area (TPSA) is 85.0 Å². The van der Waals surface area contributed by atoms with Crippen LogP contribution in [0, 0.1) is 0 Å². The van der Waals surface area contributed by atoms with Crippen molar-refractivity contribution in [1.82, 2.24) is 14.8 Å². The summed E-state index contributed by atoms with van der Waals surface area (Å²) in [5, 5.41) is 5.13. The van der Waals surface area contributed by atoms with E-state index in [1.165, 1.54) is 40.8 Å². The molecule has 2 amide bonds. The van der Waals surface area contributed by atoms with Gasteiger partial charge in [-0.1, -0.05) is 68.1 Å². The third kappa shape index (κ3) is 7.54. The van der Waals surface area contributed by atoms with Gasteiger partial charge in [-0.2, -0.15) is 4.99 Å². The van der Waals surface area contributed by atoms with Crippen molar-refractivity contribution in [1.29, 1.82) is 0 Å². The zero-order chi connectivity index (χ0) is 31.3. The van der Waals surface area contributed by atoms with Crippen LogP contribution in [0.3, 0.4) is 0 Å². The van der Waals surface area contributed by atoms with Crippen LogP contribution in [0.4, 0.5) is 23.7 Å². The zero-order valence-corrected chi connectivity index (χ0v) is 25.3. The number of carbonyl (C=O) groups excluding carboxylic acids is 1. The molecular weight excluding hydrogens is 589 g/mol. The van der Waals surface area contributed by atoms with Crippen LogP contribution in [-0.4, -0.2) is 50.3 Å². The van der Waals surface area contributed by atoms with Crippen LogP contribution in [0.25, 0.3) is 17.1 Å². The van der Waals surface area contributed by atoms with Gasteiger partial charge in [0.25, 0.3) is 0 Å². The van der Waals surface area contributed by atoms with Crippen molar-refractivity contribution < 1.29 is 22.7 Å². The minimum atomic E-state index is -4.75. The Hall–Kier alpha value is -4.45. The number of aliphatic imine (C=N–C) groups is 2. The summed E-state index contributed by atoms with van der Waals surface area (Å²) in [4.78, 5) is 28.1. The Bertz CT molecular complexity index is 1670. The summed E-state index contributed by atoms with van der Waals surface area (Å²) < 4.78 is 42.7. The monoisotopic (exact) mass is 620 g/mol. The zero-order valence-electron chi connectivity index (χ0n) is 24.5. The van der Waals surface area contributed by atoms with Gasteiger partial charge in [0.2, 0.25) is 0 Å². The molecule has 44 heavy (non-hydrogen) atoms. The summed E-state index contributed by atoms with van der Waals surface area (Å²) in [5.74, 6) is 0.910. The lowest BCUT2D eigenvalue weighted by Crippen LogP contribution is -2.35. The van der Waals surface area contributed by atoms with E-state index in [4.69, 9.17) is 0 Å². The molecule has 3 aromatic carbocycles. The molecule has 8 nitrogen and oxygen atoms in total. The van der Waals surface area contributed by atoms with Gasteiger partial charge in [0.05, 0.1) is 5.69 Å². The fraction of sp³-hybridized carbons (Fsp3) is 0.281. The highest BCUT2D eigenvalue weighted by Crippen LogP contribution is 2.29. The Kier molecular flexibility index (Phi) is 9.48. The minimum absolute atomic E-state index is 0.132. The molecule has 1 aromatic heterocycles. The van der Waals surface area contributed by atoms with Crippen molar-refractivity contribution in [2.45, 2.75) is 45.9 Å². The molecule has 1 aliphatic heterocycles. The number of rotatable bonds is 7. The van der Waals surface area contributed by atoms with Crippen LogP contribution < -0.4 is 9.64 Å². The number of aromatic nitrogens is 3. The van der Waals surface area contributed by atoms with Gasteiger partial charge < -0.3 is 9.64 Å². The SMILES string of the molecule is CCc1ccccc1N1CCCSC1=NC(=O)N=C(C)C(C)c1ccc(-c2ncn(-c3ccc(OC(F)(F)F)cc3)n2)cc1. The van der Waals surface area contributed by atoms with Gasteiger partial charge in [-0.3, -0.25) is 0 Å². The van der Waals surface area contributed by atoms with Crippen molar-refractivity contribution in [3.63, 3.8) is 0 Å². The maximum atomic E-state index is 12.9. The predicted octanol–water partition coefficient (Wildman–Crippen LogP) is 8.08. The number of ether oxygens (including phenoxy) is 1. The molecule has 12 heteroatoms. The van der Waals surface area contributed by atoms with Gasteiger partial charge in [-0.15, -0.1) is 18.3 Å². The molecule has 1 unspecified atom stereocenters. The summed E-state index contributed by atoms with van der Waals surface area (Å²) in [6.07, 6.45) is -1.36. The second kappa shape index (κ2) is 13.5. The Morgan fingerprint density at radius 3 is 2.50 bits per heavy atom. The fourth-order valence-corrected chi connectivity index (χ4v) is 5.73. The first-order valence-electron chi connectivity index (χ1n) is 14.2. The summed E-state index contributed by atoms with van der Waals surface area (Å²) in [6.45, 7) is 6.72. The van der Waals surface area contributed by atoms with E-state index in [1.54, 1.807) is 11.8 Å². The molecule has 1 atom stereocenters. The van der Waals surface area contributed by atoms with Crippen LogP contribution in [0.2, 0.25) is 0 Å². The Morgan fingerprint density at radius 2 is 1.80 bits per heavy atom. The van der Waals surface area contributed by atoms with Gasteiger partial charge in [-0.25, -0.2) is 19.5 Å². The first-order chi connectivity index (χ1) is 21.1. The van der Waals surface area contributed by atoms with E-state index >= 15 is 0 Å². The molecule has 0 aliphatic carbocycles. The quantitative estimate of drug-likeness (QED) is 0.194. The third-order valence-electron chi connectivity index (χ3n) is 7.24. The molecule has 2 heterocycles. The van der Waals surface area contributed by atoms with E-state index in [0.29, 0.717) is 22.4 Å². The number of urea groups is 1. The minimum Gasteiger partial charge on any atom is -0.406 e. The van der Waals surface area contributed by atoms with Crippen molar-refractivity contribution in [2.24, 2.45) is 9.98 Å². The second-order valence-electron chi connectivity index (χ2n) is 10.2. The lowest BCUT2D eigenvalue weighted by atomic mass is 9.96. The molecular formula is C32H31F3N6O2S. The number of alkyl halides is 3. The number of thioether (sulfide) groups is 1. The van der Waals surface area contributed by atoms with E-state index < -0.39 is 12.4 Å². The number of amidine groups is 1. The van der Waals surface area contributed by atoms with Gasteiger partial charge in [0, 0.05) is 35.2 Å². The predicted molar refractivity (Wildman–Crippen MR) is 168 cm³/mol. The molecule has 0 spiro atoms. The first-order valence-corrected chi connectivity index (χ1v) is 15.1. The number of nitrogens with zero attached hydrogens (tertiary/aromatic N) is 6. The van der Waals surface area contributed by atoms with Crippen molar-refractivity contribution in [3.05, 3.63) is 90.3 Å². The van der Waals surface area contributed by atoms with Gasteiger partial charge in [-0.05, 0) is 61.2 Å². The number of para-hydroxylation sites is 1. The first kappa shape index (κ1) is 31.0. The van der Waals surface area contributed by atoms with Gasteiger partial charge >= 0.3 is 12.4 Å². The van der Waals surface area contributed by atoms with E-state index in [0.717, 1.165) is 42.0 Å². The van der Waals surface area contributed by atoms with Crippen LogP contribution in [0.5, 0.6) is 5.75 Å². The van der Waals surface area contributed by atoms with E-state index in [-0.39, 0.29) is 11.7 Å². The Labute approximate surface area is 257 Å². The molecule has 228 valence electrons. The van der Waals surface area contributed by atoms with E-state index in [2.05, 4.69) is 48.8 Å². The summed E-state index contributed by atoms with van der Waals surface area (Å²) in [5.41, 5.74) is 5.19. The van der Waals surface area contributed by atoms with Crippen molar-refractivity contribution in [3.8, 4) is 22.8 Å². The van der Waals surface area contributed by atoms with Crippen molar-refractivity contribution in [2.75, 3.05) is 17.2 Å². The smallest absolute Gasteiger partial charge is 0.406 e. The number of hydrogen-bond acceptors (Lipinski definition) is 5. The standard InChI is InChI=1S/C32H31F3N6O2S/c1-4-23-8-5-6-9-28(23)40-18-7-19-44-31(40)38-30(42)37-22(3)21(2)24-10-12-25(13-11-24)29-36-20-41(39-29)26-14-16-27(17-15-26)43-32(33,34)35/h5-6,8-17,20-21H,4,7,18-19H2,1-3H3. The van der Waals surface area contributed by atoms with Gasteiger partial charge in [0.1, 0.15) is 12.1 Å². The number of amides is 2. The number of anilines is 1. The number of benzene rings is 3. The average molecular weight is 621 g/mol. The van der Waals surface area contributed by atoms with E-state index in [9.17, 15) is 18.0 Å². The van der Waals surface area contributed by atoms with Gasteiger partial charge in [0.15, 0.2) is 11.0 Å². The van der Waals surface area contributed by atoms with Crippen LogP contribution in [0.15, 0.2) is 89.1 Å².